The van der Waals surface area contributed by atoms with Gasteiger partial charge in [-0.25, -0.2) is 4.98 Å². The fourth-order valence-electron chi connectivity index (χ4n) is 2.67. The Morgan fingerprint density at radius 1 is 1.21 bits per heavy atom. The maximum absolute atomic E-state index is 10.2. The predicted octanol–water partition coefficient (Wildman–Crippen LogP) is 4.39. The fraction of sp³-hybridized carbons (Fsp3) is 0.812. The number of unbranched alkanes of at least 4 members (excludes halogenated alkanes) is 6. The van der Waals surface area contributed by atoms with Gasteiger partial charge in [-0.05, 0) is 19.3 Å². The zero-order chi connectivity index (χ0) is 13.5. The molecule has 0 aromatic carbocycles. The van der Waals surface area contributed by atoms with Crippen molar-refractivity contribution in [3.05, 3.63) is 18.2 Å². The first-order valence-electron chi connectivity index (χ1n) is 8.02. The maximum Gasteiger partial charge on any atom is 0.0955 e. The Hall–Kier alpha value is -0.830. The zero-order valence-electron chi connectivity index (χ0n) is 12.2. The topological polar surface area (TPSA) is 38.1 Å². The molecule has 1 N–H and O–H groups in total. The van der Waals surface area contributed by atoms with Gasteiger partial charge in [0.1, 0.15) is 0 Å². The third-order valence-corrected chi connectivity index (χ3v) is 4.06. The van der Waals surface area contributed by atoms with Gasteiger partial charge in [-0.15, -0.1) is 0 Å². The third-order valence-electron chi connectivity index (χ3n) is 4.06. The van der Waals surface area contributed by atoms with Gasteiger partial charge in [0.25, 0.3) is 0 Å². The number of rotatable bonds is 10. The fourth-order valence-corrected chi connectivity index (χ4v) is 2.67. The molecule has 3 nitrogen and oxygen atoms in total. The minimum atomic E-state index is -0.321. The molecule has 1 atom stereocenters. The van der Waals surface area contributed by atoms with Crippen LogP contribution < -0.4 is 0 Å². The lowest BCUT2D eigenvalue weighted by Gasteiger charge is -2.13. The maximum atomic E-state index is 10.2. The number of nitrogens with zero attached hydrogens (tertiary/aromatic N) is 2. The van der Waals surface area contributed by atoms with Crippen LogP contribution in [-0.4, -0.2) is 14.7 Å². The van der Waals surface area contributed by atoms with Crippen molar-refractivity contribution in [1.29, 1.82) is 0 Å². The highest BCUT2D eigenvalue weighted by atomic mass is 16.3. The van der Waals surface area contributed by atoms with Crippen LogP contribution in [0.5, 0.6) is 0 Å². The van der Waals surface area contributed by atoms with E-state index < -0.39 is 0 Å². The number of imidazole rings is 1. The quantitative estimate of drug-likeness (QED) is 0.636. The first-order valence-corrected chi connectivity index (χ1v) is 8.02. The molecule has 0 spiro atoms. The lowest BCUT2D eigenvalue weighted by Crippen LogP contribution is -2.05. The standard InChI is InChI=1S/C16H28N2O/c1-2-3-4-5-6-7-8-9-16(19)15-12-17-13-18(15)14-10-11-14/h12-14,16,19H,2-11H2,1H3. The second-order valence-corrected chi connectivity index (χ2v) is 5.88. The van der Waals surface area contributed by atoms with Crippen molar-refractivity contribution < 1.29 is 5.11 Å². The van der Waals surface area contributed by atoms with E-state index >= 15 is 0 Å². The van der Waals surface area contributed by atoms with Crippen molar-refractivity contribution in [1.82, 2.24) is 9.55 Å². The molecule has 1 aliphatic rings. The van der Waals surface area contributed by atoms with Crippen LogP contribution in [0.1, 0.15) is 89.0 Å². The zero-order valence-corrected chi connectivity index (χ0v) is 12.2. The molecule has 0 saturated heterocycles. The Morgan fingerprint density at radius 3 is 2.58 bits per heavy atom. The Morgan fingerprint density at radius 2 is 1.89 bits per heavy atom. The minimum absolute atomic E-state index is 0.321. The summed E-state index contributed by atoms with van der Waals surface area (Å²) in [6, 6.07) is 0.612. The first kappa shape index (κ1) is 14.6. The molecule has 0 aliphatic heterocycles. The number of hydrogen-bond acceptors (Lipinski definition) is 2. The van der Waals surface area contributed by atoms with E-state index in [1.54, 1.807) is 0 Å². The van der Waals surface area contributed by atoms with E-state index in [4.69, 9.17) is 0 Å². The molecule has 0 bridgehead atoms. The Balaban J connectivity index is 1.61. The van der Waals surface area contributed by atoms with Crippen molar-refractivity contribution in [2.75, 3.05) is 0 Å². The van der Waals surface area contributed by atoms with Crippen LogP contribution in [0.2, 0.25) is 0 Å². The Kier molecular flexibility index (Phi) is 5.90. The highest BCUT2D eigenvalue weighted by molar-refractivity contribution is 5.06. The van der Waals surface area contributed by atoms with Gasteiger partial charge in [-0.3, -0.25) is 0 Å². The van der Waals surface area contributed by atoms with E-state index in [1.807, 2.05) is 12.5 Å². The Labute approximate surface area is 117 Å². The molecule has 0 radical (unpaired) electrons. The minimum Gasteiger partial charge on any atom is -0.387 e. The van der Waals surface area contributed by atoms with Crippen molar-refractivity contribution in [2.24, 2.45) is 0 Å². The molecule has 0 amide bonds. The normalized spacial score (nSPS) is 16.7. The van der Waals surface area contributed by atoms with Gasteiger partial charge < -0.3 is 9.67 Å². The van der Waals surface area contributed by atoms with Gasteiger partial charge in [0.2, 0.25) is 0 Å². The van der Waals surface area contributed by atoms with Gasteiger partial charge in [0.15, 0.2) is 0 Å². The molecular weight excluding hydrogens is 236 g/mol. The summed E-state index contributed by atoms with van der Waals surface area (Å²) in [6.07, 6.45) is 15.8. The molecular formula is C16H28N2O. The Bertz CT molecular complexity index is 357. The summed E-state index contributed by atoms with van der Waals surface area (Å²) >= 11 is 0. The summed E-state index contributed by atoms with van der Waals surface area (Å²) in [5.74, 6) is 0. The van der Waals surface area contributed by atoms with Crippen molar-refractivity contribution in [2.45, 2.75) is 83.3 Å². The third kappa shape index (κ3) is 4.64. The molecule has 1 heterocycles. The van der Waals surface area contributed by atoms with Crippen LogP contribution >= 0.6 is 0 Å². The average Bonchev–Trinajstić information content (AvgIpc) is 3.15. The lowest BCUT2D eigenvalue weighted by molar-refractivity contribution is 0.154. The lowest BCUT2D eigenvalue weighted by atomic mass is 10.1. The number of aliphatic hydroxyl groups excluding tert-OH is 1. The highest BCUT2D eigenvalue weighted by Crippen LogP contribution is 2.37. The van der Waals surface area contributed by atoms with E-state index in [1.165, 1.54) is 51.4 Å². The summed E-state index contributed by atoms with van der Waals surface area (Å²) in [5, 5.41) is 10.2. The van der Waals surface area contributed by atoms with Crippen LogP contribution in [0.15, 0.2) is 12.5 Å². The van der Waals surface area contributed by atoms with E-state index in [2.05, 4.69) is 16.5 Å². The van der Waals surface area contributed by atoms with Gasteiger partial charge in [-0.2, -0.15) is 0 Å². The van der Waals surface area contributed by atoms with Crippen LogP contribution in [0.25, 0.3) is 0 Å². The molecule has 1 aliphatic carbocycles. The summed E-state index contributed by atoms with van der Waals surface area (Å²) in [6.45, 7) is 2.25. The molecule has 1 aromatic rings. The van der Waals surface area contributed by atoms with Crippen molar-refractivity contribution >= 4 is 0 Å². The van der Waals surface area contributed by atoms with E-state index in [9.17, 15) is 5.11 Å². The summed E-state index contributed by atoms with van der Waals surface area (Å²) in [4.78, 5) is 4.19. The van der Waals surface area contributed by atoms with Gasteiger partial charge in [0.05, 0.1) is 24.3 Å². The second kappa shape index (κ2) is 7.68. The molecule has 3 heteroatoms. The molecule has 1 unspecified atom stereocenters. The number of aliphatic hydroxyl groups is 1. The van der Waals surface area contributed by atoms with Crippen LogP contribution in [0.3, 0.4) is 0 Å². The molecule has 1 saturated carbocycles. The predicted molar refractivity (Wildman–Crippen MR) is 78.1 cm³/mol. The number of aromatic nitrogens is 2. The van der Waals surface area contributed by atoms with E-state index in [0.717, 1.165) is 18.5 Å². The highest BCUT2D eigenvalue weighted by Gasteiger charge is 2.27. The van der Waals surface area contributed by atoms with Crippen LogP contribution in [-0.2, 0) is 0 Å². The van der Waals surface area contributed by atoms with E-state index in [-0.39, 0.29) is 6.10 Å². The SMILES string of the molecule is CCCCCCCCCC(O)c1cncn1C1CC1. The molecule has 1 fully saturated rings. The van der Waals surface area contributed by atoms with Crippen LogP contribution in [0, 0.1) is 0 Å². The summed E-state index contributed by atoms with van der Waals surface area (Å²) < 4.78 is 2.17. The number of hydrogen-bond donors (Lipinski definition) is 1. The summed E-state index contributed by atoms with van der Waals surface area (Å²) in [7, 11) is 0. The summed E-state index contributed by atoms with van der Waals surface area (Å²) in [5.41, 5.74) is 1.02. The van der Waals surface area contributed by atoms with Gasteiger partial charge in [-0.1, -0.05) is 51.9 Å². The monoisotopic (exact) mass is 264 g/mol. The molecule has 2 rings (SSSR count). The molecule has 108 valence electrons. The first-order chi connectivity index (χ1) is 9.33. The van der Waals surface area contributed by atoms with Crippen LogP contribution in [0.4, 0.5) is 0 Å². The van der Waals surface area contributed by atoms with Gasteiger partial charge >= 0.3 is 0 Å². The largest absolute Gasteiger partial charge is 0.387 e. The molecule has 19 heavy (non-hydrogen) atoms. The van der Waals surface area contributed by atoms with Crippen molar-refractivity contribution in [3.8, 4) is 0 Å². The van der Waals surface area contributed by atoms with Gasteiger partial charge in [0, 0.05) is 6.04 Å². The molecule has 1 aromatic heterocycles. The second-order valence-electron chi connectivity index (χ2n) is 5.88. The smallest absolute Gasteiger partial charge is 0.0955 e. The average molecular weight is 264 g/mol. The van der Waals surface area contributed by atoms with E-state index in [0.29, 0.717) is 6.04 Å². The van der Waals surface area contributed by atoms with Crippen molar-refractivity contribution in [3.63, 3.8) is 0 Å².